The first-order valence-corrected chi connectivity index (χ1v) is 7.18. The van der Waals surface area contributed by atoms with Crippen molar-refractivity contribution in [3.63, 3.8) is 0 Å². The van der Waals surface area contributed by atoms with Gasteiger partial charge in [0.2, 0.25) is 0 Å². The number of carboxylic acids is 1. The van der Waals surface area contributed by atoms with E-state index in [2.05, 4.69) is 43.0 Å². The van der Waals surface area contributed by atoms with Crippen LogP contribution < -0.4 is 0 Å². The van der Waals surface area contributed by atoms with Crippen molar-refractivity contribution in [2.24, 2.45) is 0 Å². The Balaban J connectivity index is 2.07. The van der Waals surface area contributed by atoms with Crippen molar-refractivity contribution < 1.29 is 9.90 Å². The minimum atomic E-state index is -0.735. The first-order chi connectivity index (χ1) is 9.11. The van der Waals surface area contributed by atoms with Gasteiger partial charge in [-0.05, 0) is 37.3 Å². The highest BCUT2D eigenvalue weighted by Gasteiger charge is 2.33. The molecule has 0 heterocycles. The van der Waals surface area contributed by atoms with Gasteiger partial charge in [-0.1, -0.05) is 37.6 Å². The van der Waals surface area contributed by atoms with E-state index >= 15 is 0 Å². The average molecular weight is 261 g/mol. The van der Waals surface area contributed by atoms with Gasteiger partial charge in [-0.2, -0.15) is 0 Å². The number of nitrogens with zero attached hydrogens (tertiary/aromatic N) is 1. The van der Waals surface area contributed by atoms with Gasteiger partial charge in [0.25, 0.3) is 0 Å². The quantitative estimate of drug-likeness (QED) is 0.819. The van der Waals surface area contributed by atoms with Gasteiger partial charge in [0, 0.05) is 12.1 Å². The van der Waals surface area contributed by atoms with Gasteiger partial charge in [0.05, 0.1) is 6.54 Å². The Hall–Kier alpha value is -1.35. The molecule has 0 radical (unpaired) electrons. The Kier molecular flexibility index (Phi) is 4.59. The minimum Gasteiger partial charge on any atom is -0.480 e. The van der Waals surface area contributed by atoms with Crippen LogP contribution in [0.3, 0.4) is 0 Å². The molecule has 1 N–H and O–H groups in total. The maximum atomic E-state index is 11.0. The Morgan fingerprint density at radius 1 is 1.37 bits per heavy atom. The molecule has 1 aliphatic carbocycles. The molecule has 1 aromatic carbocycles. The molecule has 1 saturated carbocycles. The molecule has 0 amide bonds. The molecule has 3 nitrogen and oxygen atoms in total. The third kappa shape index (κ3) is 3.80. The zero-order valence-corrected chi connectivity index (χ0v) is 11.8. The smallest absolute Gasteiger partial charge is 0.317 e. The van der Waals surface area contributed by atoms with Crippen LogP contribution in [-0.2, 0) is 11.2 Å². The molecule has 1 atom stereocenters. The predicted molar refractivity (Wildman–Crippen MR) is 76.2 cm³/mol. The number of hydrogen-bond acceptors (Lipinski definition) is 2. The Labute approximate surface area is 115 Å². The van der Waals surface area contributed by atoms with E-state index in [1.54, 1.807) is 0 Å². The summed E-state index contributed by atoms with van der Waals surface area (Å²) in [6, 6.07) is 9.27. The second-order valence-corrected chi connectivity index (χ2v) is 5.46. The summed E-state index contributed by atoms with van der Waals surface area (Å²) in [5.41, 5.74) is 2.57. The van der Waals surface area contributed by atoms with Crippen LogP contribution in [0, 0.1) is 0 Å². The van der Waals surface area contributed by atoms with Crippen LogP contribution in [0.4, 0.5) is 0 Å². The Morgan fingerprint density at radius 3 is 2.47 bits per heavy atom. The highest BCUT2D eigenvalue weighted by Crippen LogP contribution is 2.34. The lowest BCUT2D eigenvalue weighted by Crippen LogP contribution is -2.34. The molecule has 0 aliphatic heterocycles. The lowest BCUT2D eigenvalue weighted by molar-refractivity contribution is -0.139. The van der Waals surface area contributed by atoms with Crippen molar-refractivity contribution in [1.82, 2.24) is 4.90 Å². The maximum Gasteiger partial charge on any atom is 0.317 e. The molecule has 0 saturated heterocycles. The number of aliphatic carboxylic acids is 1. The number of rotatable bonds is 7. The molecular weight excluding hydrogens is 238 g/mol. The van der Waals surface area contributed by atoms with Crippen molar-refractivity contribution in [3.8, 4) is 0 Å². The van der Waals surface area contributed by atoms with Crippen LogP contribution in [0.2, 0.25) is 0 Å². The molecule has 0 aromatic heterocycles. The first kappa shape index (κ1) is 14.1. The minimum absolute atomic E-state index is 0.141. The molecule has 1 unspecified atom stereocenters. The van der Waals surface area contributed by atoms with Crippen molar-refractivity contribution in [1.29, 1.82) is 0 Å². The van der Waals surface area contributed by atoms with Crippen LogP contribution in [-0.4, -0.2) is 28.6 Å². The highest BCUT2D eigenvalue weighted by atomic mass is 16.4. The molecule has 0 bridgehead atoms. The summed E-state index contributed by atoms with van der Waals surface area (Å²) in [7, 11) is 0. The van der Waals surface area contributed by atoms with Crippen molar-refractivity contribution in [3.05, 3.63) is 35.4 Å². The fourth-order valence-electron chi connectivity index (χ4n) is 2.59. The van der Waals surface area contributed by atoms with E-state index in [4.69, 9.17) is 5.11 Å². The standard InChI is InChI=1S/C16H23NO2/c1-3-4-13-5-7-14(8-6-13)12(2)17(11-16(18)19)15-9-10-15/h5-8,12,15H,3-4,9-11H2,1-2H3,(H,18,19). The summed E-state index contributed by atoms with van der Waals surface area (Å²) in [5.74, 6) is -0.735. The molecule has 104 valence electrons. The Bertz CT molecular complexity index is 423. The van der Waals surface area contributed by atoms with Gasteiger partial charge >= 0.3 is 5.97 Å². The lowest BCUT2D eigenvalue weighted by atomic mass is 10.0. The molecule has 0 spiro atoms. The third-order valence-electron chi connectivity index (χ3n) is 3.83. The largest absolute Gasteiger partial charge is 0.480 e. The van der Waals surface area contributed by atoms with Crippen LogP contribution in [0.15, 0.2) is 24.3 Å². The van der Waals surface area contributed by atoms with Crippen molar-refractivity contribution in [2.75, 3.05) is 6.54 Å². The summed E-state index contributed by atoms with van der Waals surface area (Å²) in [5, 5.41) is 9.03. The van der Waals surface area contributed by atoms with Gasteiger partial charge in [-0.3, -0.25) is 9.69 Å². The molecule has 3 heteroatoms. The average Bonchev–Trinajstić information content (AvgIpc) is 3.20. The number of carbonyl (C=O) groups is 1. The van der Waals surface area contributed by atoms with Gasteiger partial charge in [0.15, 0.2) is 0 Å². The van der Waals surface area contributed by atoms with Crippen molar-refractivity contribution in [2.45, 2.75) is 51.6 Å². The van der Waals surface area contributed by atoms with E-state index in [0.29, 0.717) is 6.04 Å². The molecule has 19 heavy (non-hydrogen) atoms. The zero-order valence-electron chi connectivity index (χ0n) is 11.8. The fourth-order valence-corrected chi connectivity index (χ4v) is 2.59. The number of aryl methyl sites for hydroxylation is 1. The van der Waals surface area contributed by atoms with Gasteiger partial charge in [0.1, 0.15) is 0 Å². The maximum absolute atomic E-state index is 11.0. The summed E-state index contributed by atoms with van der Waals surface area (Å²) < 4.78 is 0. The van der Waals surface area contributed by atoms with Crippen LogP contribution in [0.1, 0.15) is 50.3 Å². The van der Waals surface area contributed by atoms with Crippen LogP contribution in [0.25, 0.3) is 0 Å². The van der Waals surface area contributed by atoms with Crippen molar-refractivity contribution >= 4 is 5.97 Å². The summed E-state index contributed by atoms with van der Waals surface area (Å²) >= 11 is 0. The summed E-state index contributed by atoms with van der Waals surface area (Å²) in [6.45, 7) is 4.43. The summed E-state index contributed by atoms with van der Waals surface area (Å²) in [4.78, 5) is 13.1. The molecule has 1 aliphatic rings. The molecular formula is C16H23NO2. The Morgan fingerprint density at radius 2 is 2.00 bits per heavy atom. The number of carboxylic acid groups (broad SMARTS) is 1. The molecule has 1 fully saturated rings. The molecule has 1 aromatic rings. The van der Waals surface area contributed by atoms with Crippen LogP contribution in [0.5, 0.6) is 0 Å². The monoisotopic (exact) mass is 261 g/mol. The van der Waals surface area contributed by atoms with E-state index in [0.717, 1.165) is 25.7 Å². The number of benzene rings is 1. The number of hydrogen-bond donors (Lipinski definition) is 1. The van der Waals surface area contributed by atoms with E-state index in [9.17, 15) is 4.79 Å². The SMILES string of the molecule is CCCc1ccc(C(C)N(CC(=O)O)C2CC2)cc1. The van der Waals surface area contributed by atoms with Gasteiger partial charge < -0.3 is 5.11 Å². The highest BCUT2D eigenvalue weighted by molar-refractivity contribution is 5.69. The van der Waals surface area contributed by atoms with Crippen LogP contribution >= 0.6 is 0 Å². The van der Waals surface area contributed by atoms with E-state index in [1.807, 2.05) is 0 Å². The third-order valence-corrected chi connectivity index (χ3v) is 3.83. The fraction of sp³-hybridized carbons (Fsp3) is 0.562. The zero-order chi connectivity index (χ0) is 13.8. The predicted octanol–water partition coefficient (Wildman–Crippen LogP) is 3.25. The van der Waals surface area contributed by atoms with E-state index in [-0.39, 0.29) is 12.6 Å². The van der Waals surface area contributed by atoms with Gasteiger partial charge in [-0.15, -0.1) is 0 Å². The normalized spacial score (nSPS) is 16.6. The van der Waals surface area contributed by atoms with Gasteiger partial charge in [-0.25, -0.2) is 0 Å². The second-order valence-electron chi connectivity index (χ2n) is 5.46. The van der Waals surface area contributed by atoms with E-state index < -0.39 is 5.97 Å². The van der Waals surface area contributed by atoms with E-state index in [1.165, 1.54) is 11.1 Å². The molecule has 2 rings (SSSR count). The first-order valence-electron chi connectivity index (χ1n) is 7.18. The summed E-state index contributed by atoms with van der Waals surface area (Å²) in [6.07, 6.45) is 4.52. The topological polar surface area (TPSA) is 40.5 Å². The lowest BCUT2D eigenvalue weighted by Gasteiger charge is -2.28. The second kappa shape index (κ2) is 6.20.